The summed E-state index contributed by atoms with van der Waals surface area (Å²) in [4.78, 5) is 57.2. The molecule has 7 atom stereocenters. The summed E-state index contributed by atoms with van der Waals surface area (Å²) < 4.78 is 12.3. The molecular formula is C32H42BrN3O7. The number of benzene rings is 1. The van der Waals surface area contributed by atoms with Crippen LogP contribution in [0.2, 0.25) is 0 Å². The Bertz CT molecular complexity index is 1200. The van der Waals surface area contributed by atoms with Crippen molar-refractivity contribution in [2.24, 2.45) is 11.8 Å². The van der Waals surface area contributed by atoms with E-state index in [1.54, 1.807) is 28.9 Å². The predicted octanol–water partition coefficient (Wildman–Crippen LogP) is 2.74. The van der Waals surface area contributed by atoms with Gasteiger partial charge in [-0.3, -0.25) is 19.2 Å². The van der Waals surface area contributed by atoms with Crippen molar-refractivity contribution in [2.45, 2.75) is 74.3 Å². The van der Waals surface area contributed by atoms with Crippen LogP contribution in [0.4, 0.5) is 0 Å². The lowest BCUT2D eigenvalue weighted by atomic mass is 9.70. The molecule has 1 spiro atoms. The molecule has 2 N–H and O–H groups in total. The normalized spacial score (nSPS) is 27.8. The highest BCUT2D eigenvalue weighted by molar-refractivity contribution is 9.09. The quantitative estimate of drug-likeness (QED) is 0.121. The summed E-state index contributed by atoms with van der Waals surface area (Å²) in [5.41, 5.74) is -0.279. The maximum absolute atomic E-state index is 14.4. The molecule has 43 heavy (non-hydrogen) atoms. The molecule has 0 radical (unpaired) electrons. The van der Waals surface area contributed by atoms with Crippen LogP contribution in [0.15, 0.2) is 55.6 Å². The first-order valence-corrected chi connectivity index (χ1v) is 15.8. The molecule has 11 heteroatoms. The van der Waals surface area contributed by atoms with Crippen LogP contribution in [0.25, 0.3) is 0 Å². The third-order valence-corrected chi connectivity index (χ3v) is 9.30. The predicted molar refractivity (Wildman–Crippen MR) is 164 cm³/mol. The summed E-state index contributed by atoms with van der Waals surface area (Å²) in [5, 5.41) is 12.2. The summed E-state index contributed by atoms with van der Waals surface area (Å²) in [7, 11) is 0. The summed E-state index contributed by atoms with van der Waals surface area (Å²) in [6, 6.07) is 8.64. The van der Waals surface area contributed by atoms with Crippen molar-refractivity contribution >= 4 is 39.6 Å². The Morgan fingerprint density at radius 1 is 1.26 bits per heavy atom. The lowest BCUT2D eigenvalue weighted by Crippen LogP contribution is -2.56. The zero-order valence-electron chi connectivity index (χ0n) is 24.7. The van der Waals surface area contributed by atoms with Gasteiger partial charge in [-0.25, -0.2) is 0 Å². The minimum Gasteiger partial charge on any atom is -0.460 e. The standard InChI is InChI=1S/C32H42BrN3O7/c1-4-6-14-24(38)34-19-21(3)42-31(41)25-26-29(39)36(16-10-11-17-37)28(32(26)18-23(33)27(25)43-32)30(40)35(15-5-2)20-22-12-8-7-9-13-22/h4-5,7-9,12-13,21,23,25-28,37H,1-2,6,10-11,14-20H2,3H3,(H,34,38)/t21-,23?,25-,26+,27-,28-,32+/m1/s1. The Morgan fingerprint density at radius 3 is 2.67 bits per heavy atom. The fourth-order valence-electron chi connectivity index (χ4n) is 6.58. The molecule has 3 saturated heterocycles. The van der Waals surface area contributed by atoms with Crippen molar-refractivity contribution in [2.75, 3.05) is 26.2 Å². The van der Waals surface area contributed by atoms with Crippen LogP contribution in [0.5, 0.6) is 0 Å². The van der Waals surface area contributed by atoms with E-state index in [1.165, 1.54) is 0 Å². The number of fused-ring (bicyclic) bond motifs is 1. The van der Waals surface area contributed by atoms with Gasteiger partial charge in [0.2, 0.25) is 17.7 Å². The largest absolute Gasteiger partial charge is 0.460 e. The second kappa shape index (κ2) is 14.6. The number of allylic oxidation sites excluding steroid dienone is 1. The van der Waals surface area contributed by atoms with Crippen LogP contribution in [-0.4, -0.2) is 93.5 Å². The van der Waals surface area contributed by atoms with Gasteiger partial charge >= 0.3 is 5.97 Å². The van der Waals surface area contributed by atoms with E-state index in [0.29, 0.717) is 38.6 Å². The van der Waals surface area contributed by atoms with E-state index in [2.05, 4.69) is 34.4 Å². The van der Waals surface area contributed by atoms with E-state index in [4.69, 9.17) is 9.47 Å². The maximum Gasteiger partial charge on any atom is 0.312 e. The van der Waals surface area contributed by atoms with Gasteiger partial charge in [-0.2, -0.15) is 0 Å². The van der Waals surface area contributed by atoms with Gasteiger partial charge in [-0.15, -0.1) is 13.2 Å². The highest BCUT2D eigenvalue weighted by Gasteiger charge is 2.77. The second-order valence-corrected chi connectivity index (χ2v) is 12.7. The van der Waals surface area contributed by atoms with Gasteiger partial charge < -0.3 is 29.7 Å². The Balaban J connectivity index is 1.59. The molecule has 1 aromatic rings. The number of amides is 3. The van der Waals surface area contributed by atoms with Gasteiger partial charge in [-0.1, -0.05) is 58.4 Å². The third kappa shape index (κ3) is 6.89. The number of hydrogen-bond acceptors (Lipinski definition) is 7. The number of rotatable bonds is 16. The summed E-state index contributed by atoms with van der Waals surface area (Å²) in [6.45, 7) is 10.1. The first-order chi connectivity index (χ1) is 20.7. The van der Waals surface area contributed by atoms with Crippen LogP contribution in [-0.2, 0) is 35.2 Å². The Labute approximate surface area is 261 Å². The number of carbonyl (C=O) groups is 4. The van der Waals surface area contributed by atoms with Gasteiger partial charge in [0, 0.05) is 37.5 Å². The highest BCUT2D eigenvalue weighted by atomic mass is 79.9. The van der Waals surface area contributed by atoms with Crippen LogP contribution >= 0.6 is 15.9 Å². The van der Waals surface area contributed by atoms with Crippen molar-refractivity contribution in [3.8, 4) is 0 Å². The number of likely N-dealkylation sites (tertiary alicyclic amines) is 1. The summed E-state index contributed by atoms with van der Waals surface area (Å²) in [5.74, 6) is -3.14. The SMILES string of the molecule is C=CCCC(=O)NC[C@@H](C)OC(=O)[C@H]1[C@@H]2O[C@@]3(CC2Br)[C@@H]1C(=O)N(CCCCO)[C@@H]3C(=O)N(CC=C)Cc1ccccc1. The number of alkyl halides is 1. The number of nitrogens with one attached hydrogen (secondary N) is 1. The van der Waals surface area contributed by atoms with Crippen molar-refractivity contribution in [1.82, 2.24) is 15.1 Å². The Morgan fingerprint density at radius 2 is 2.00 bits per heavy atom. The van der Waals surface area contributed by atoms with Crippen LogP contribution in [0.1, 0.15) is 44.6 Å². The molecular weight excluding hydrogens is 618 g/mol. The van der Waals surface area contributed by atoms with Crippen molar-refractivity contribution in [3.63, 3.8) is 0 Å². The van der Waals surface area contributed by atoms with Crippen LogP contribution in [0, 0.1) is 11.8 Å². The molecule has 10 nitrogen and oxygen atoms in total. The van der Waals surface area contributed by atoms with Crippen molar-refractivity contribution < 1.29 is 33.8 Å². The van der Waals surface area contributed by atoms with Crippen molar-refractivity contribution in [1.29, 1.82) is 0 Å². The zero-order valence-corrected chi connectivity index (χ0v) is 26.2. The third-order valence-electron chi connectivity index (χ3n) is 8.46. The molecule has 4 rings (SSSR count). The topological polar surface area (TPSA) is 125 Å². The molecule has 2 bridgehead atoms. The minimum absolute atomic E-state index is 0.0369. The first-order valence-electron chi connectivity index (χ1n) is 14.9. The van der Waals surface area contributed by atoms with E-state index >= 15 is 0 Å². The summed E-state index contributed by atoms with van der Waals surface area (Å²) in [6.07, 6.45) is 4.22. The van der Waals surface area contributed by atoms with Gasteiger partial charge in [0.15, 0.2) is 0 Å². The van der Waals surface area contributed by atoms with Gasteiger partial charge in [0.1, 0.15) is 17.7 Å². The van der Waals surface area contributed by atoms with E-state index in [0.717, 1.165) is 5.56 Å². The molecule has 1 unspecified atom stereocenters. The average Bonchev–Trinajstić information content (AvgIpc) is 3.58. The molecule has 3 fully saturated rings. The monoisotopic (exact) mass is 659 g/mol. The fraction of sp³-hybridized carbons (Fsp3) is 0.562. The van der Waals surface area contributed by atoms with E-state index < -0.39 is 41.7 Å². The highest BCUT2D eigenvalue weighted by Crippen LogP contribution is 2.60. The zero-order chi connectivity index (χ0) is 31.1. The lowest BCUT2D eigenvalue weighted by Gasteiger charge is -2.37. The molecule has 3 aliphatic heterocycles. The molecule has 3 amide bonds. The van der Waals surface area contributed by atoms with E-state index in [9.17, 15) is 24.3 Å². The van der Waals surface area contributed by atoms with Gasteiger partial charge in [0.05, 0.1) is 24.5 Å². The first kappa shape index (κ1) is 32.9. The fourth-order valence-corrected chi connectivity index (χ4v) is 7.52. The molecule has 0 saturated carbocycles. The number of aliphatic hydroxyl groups excluding tert-OH is 1. The molecule has 3 heterocycles. The molecule has 234 valence electrons. The number of hydrogen-bond donors (Lipinski definition) is 2. The second-order valence-electron chi connectivity index (χ2n) is 11.5. The molecule has 1 aromatic carbocycles. The molecule has 0 aromatic heterocycles. The number of unbranched alkanes of at least 4 members (excludes halogenated alkanes) is 1. The minimum atomic E-state index is -1.21. The van der Waals surface area contributed by atoms with Crippen molar-refractivity contribution in [3.05, 3.63) is 61.2 Å². The lowest BCUT2D eigenvalue weighted by molar-refractivity contribution is -0.159. The number of halogens is 1. The number of nitrogens with zero attached hydrogens (tertiary/aromatic N) is 2. The number of ether oxygens (including phenoxy) is 2. The maximum atomic E-state index is 14.4. The number of carbonyl (C=O) groups excluding carboxylic acids is 4. The van der Waals surface area contributed by atoms with Gasteiger partial charge in [0.25, 0.3) is 0 Å². The summed E-state index contributed by atoms with van der Waals surface area (Å²) >= 11 is 3.68. The average molecular weight is 661 g/mol. The van der Waals surface area contributed by atoms with E-state index in [1.807, 2.05) is 30.3 Å². The number of aliphatic hydroxyl groups is 1. The van der Waals surface area contributed by atoms with Gasteiger partial charge in [-0.05, 0) is 38.2 Å². The van der Waals surface area contributed by atoms with E-state index in [-0.39, 0.29) is 48.8 Å². The number of esters is 1. The molecule has 3 aliphatic rings. The smallest absolute Gasteiger partial charge is 0.312 e. The Hall–Kier alpha value is -3.02. The Kier molecular flexibility index (Phi) is 11.2. The molecule has 0 aliphatic carbocycles. The van der Waals surface area contributed by atoms with Crippen LogP contribution in [0.3, 0.4) is 0 Å². The van der Waals surface area contributed by atoms with Crippen LogP contribution < -0.4 is 5.32 Å².